The fourth-order valence-corrected chi connectivity index (χ4v) is 2.51. The summed E-state index contributed by atoms with van der Waals surface area (Å²) >= 11 is 0. The SMILES string of the molecule is C=CC(=O)N1CCN(Cc2cccc(F)c2)CC1C. The minimum absolute atomic E-state index is 0.0158. The summed E-state index contributed by atoms with van der Waals surface area (Å²) in [5.41, 5.74) is 0.968. The molecule has 0 N–H and O–H groups in total. The molecule has 0 radical (unpaired) electrons. The molecular weight excluding hydrogens is 243 g/mol. The lowest BCUT2D eigenvalue weighted by atomic mass is 10.1. The summed E-state index contributed by atoms with van der Waals surface area (Å²) in [5.74, 6) is -0.219. The number of nitrogens with zero attached hydrogens (tertiary/aromatic N) is 2. The van der Waals surface area contributed by atoms with Crippen LogP contribution in [0.3, 0.4) is 0 Å². The van der Waals surface area contributed by atoms with Gasteiger partial charge in [-0.15, -0.1) is 0 Å². The van der Waals surface area contributed by atoms with Gasteiger partial charge in [0.1, 0.15) is 5.82 Å². The van der Waals surface area contributed by atoms with Crippen LogP contribution in [0, 0.1) is 5.82 Å². The number of rotatable bonds is 3. The fourth-order valence-electron chi connectivity index (χ4n) is 2.51. The summed E-state index contributed by atoms with van der Waals surface area (Å²) in [6, 6.07) is 6.83. The lowest BCUT2D eigenvalue weighted by Gasteiger charge is -2.39. The standard InChI is InChI=1S/C15H19FN2O/c1-3-15(19)18-8-7-17(10-12(18)2)11-13-5-4-6-14(16)9-13/h3-6,9,12H,1,7-8,10-11H2,2H3. The molecule has 1 fully saturated rings. The Bertz CT molecular complexity index is 475. The van der Waals surface area contributed by atoms with E-state index in [9.17, 15) is 9.18 Å². The number of benzene rings is 1. The van der Waals surface area contributed by atoms with Crippen molar-refractivity contribution in [3.63, 3.8) is 0 Å². The van der Waals surface area contributed by atoms with Crippen molar-refractivity contribution in [1.29, 1.82) is 0 Å². The molecule has 0 aliphatic carbocycles. The van der Waals surface area contributed by atoms with Crippen molar-refractivity contribution in [2.45, 2.75) is 19.5 Å². The molecule has 0 saturated carbocycles. The molecule has 0 spiro atoms. The van der Waals surface area contributed by atoms with Gasteiger partial charge in [0, 0.05) is 32.2 Å². The first-order valence-corrected chi connectivity index (χ1v) is 6.50. The summed E-state index contributed by atoms with van der Waals surface area (Å²) in [4.78, 5) is 15.7. The third-order valence-electron chi connectivity index (χ3n) is 3.46. The van der Waals surface area contributed by atoms with E-state index in [2.05, 4.69) is 11.5 Å². The van der Waals surface area contributed by atoms with Crippen molar-refractivity contribution in [2.75, 3.05) is 19.6 Å². The Kier molecular flexibility index (Phi) is 4.32. The molecule has 3 nitrogen and oxygen atoms in total. The number of halogens is 1. The van der Waals surface area contributed by atoms with Crippen molar-refractivity contribution >= 4 is 5.91 Å². The lowest BCUT2D eigenvalue weighted by Crippen LogP contribution is -2.53. The number of hydrogen-bond donors (Lipinski definition) is 0. The van der Waals surface area contributed by atoms with E-state index < -0.39 is 0 Å². The van der Waals surface area contributed by atoms with Crippen LogP contribution in [0.4, 0.5) is 4.39 Å². The topological polar surface area (TPSA) is 23.6 Å². The lowest BCUT2D eigenvalue weighted by molar-refractivity contribution is -0.130. The van der Waals surface area contributed by atoms with Crippen LogP contribution in [0.5, 0.6) is 0 Å². The van der Waals surface area contributed by atoms with Crippen molar-refractivity contribution in [1.82, 2.24) is 9.80 Å². The molecule has 4 heteroatoms. The quantitative estimate of drug-likeness (QED) is 0.778. The smallest absolute Gasteiger partial charge is 0.246 e. The number of amides is 1. The predicted octanol–water partition coefficient (Wildman–Crippen LogP) is 2.04. The highest BCUT2D eigenvalue weighted by molar-refractivity contribution is 5.87. The Morgan fingerprint density at radius 2 is 2.32 bits per heavy atom. The molecule has 1 unspecified atom stereocenters. The summed E-state index contributed by atoms with van der Waals surface area (Å²) in [6.07, 6.45) is 1.36. The average Bonchev–Trinajstić information content (AvgIpc) is 2.38. The molecule has 1 aliphatic heterocycles. The van der Waals surface area contributed by atoms with Crippen molar-refractivity contribution in [3.8, 4) is 0 Å². The molecule has 19 heavy (non-hydrogen) atoms. The summed E-state index contributed by atoms with van der Waals surface area (Å²) < 4.78 is 13.1. The minimum Gasteiger partial charge on any atom is -0.334 e. The number of piperazine rings is 1. The maximum Gasteiger partial charge on any atom is 0.246 e. The predicted molar refractivity (Wildman–Crippen MR) is 73.0 cm³/mol. The second-order valence-electron chi connectivity index (χ2n) is 4.95. The molecule has 1 atom stereocenters. The van der Waals surface area contributed by atoms with E-state index in [0.717, 1.165) is 25.2 Å². The fraction of sp³-hybridized carbons (Fsp3) is 0.400. The third kappa shape index (κ3) is 3.41. The zero-order valence-corrected chi connectivity index (χ0v) is 11.2. The Labute approximate surface area is 113 Å². The average molecular weight is 262 g/mol. The summed E-state index contributed by atoms with van der Waals surface area (Å²) in [6.45, 7) is 8.57. The number of hydrogen-bond acceptors (Lipinski definition) is 2. The van der Waals surface area contributed by atoms with Gasteiger partial charge in [-0.2, -0.15) is 0 Å². The monoisotopic (exact) mass is 262 g/mol. The zero-order chi connectivity index (χ0) is 13.8. The van der Waals surface area contributed by atoms with E-state index in [-0.39, 0.29) is 17.8 Å². The highest BCUT2D eigenvalue weighted by atomic mass is 19.1. The molecule has 0 bridgehead atoms. The molecule has 1 amide bonds. The van der Waals surface area contributed by atoms with Crippen molar-refractivity contribution < 1.29 is 9.18 Å². The van der Waals surface area contributed by atoms with E-state index in [4.69, 9.17) is 0 Å². The van der Waals surface area contributed by atoms with Gasteiger partial charge in [-0.25, -0.2) is 4.39 Å². The van der Waals surface area contributed by atoms with Gasteiger partial charge in [0.25, 0.3) is 0 Å². The van der Waals surface area contributed by atoms with Gasteiger partial charge >= 0.3 is 0 Å². The van der Waals surface area contributed by atoms with Gasteiger partial charge < -0.3 is 4.90 Å². The normalized spacial score (nSPS) is 20.3. The summed E-state index contributed by atoms with van der Waals surface area (Å²) in [7, 11) is 0. The molecule has 1 aliphatic rings. The van der Waals surface area contributed by atoms with Gasteiger partial charge in [-0.05, 0) is 30.7 Å². The van der Waals surface area contributed by atoms with E-state index in [1.807, 2.05) is 17.9 Å². The Hall–Kier alpha value is -1.68. The van der Waals surface area contributed by atoms with E-state index in [0.29, 0.717) is 6.54 Å². The highest BCUT2D eigenvalue weighted by Crippen LogP contribution is 2.14. The highest BCUT2D eigenvalue weighted by Gasteiger charge is 2.25. The third-order valence-corrected chi connectivity index (χ3v) is 3.46. The molecule has 0 aromatic heterocycles. The maximum atomic E-state index is 13.1. The van der Waals surface area contributed by atoms with Gasteiger partial charge in [-0.3, -0.25) is 9.69 Å². The van der Waals surface area contributed by atoms with Crippen LogP contribution in [0.2, 0.25) is 0 Å². The van der Waals surface area contributed by atoms with Crippen LogP contribution < -0.4 is 0 Å². The van der Waals surface area contributed by atoms with Crippen LogP contribution >= 0.6 is 0 Å². The Morgan fingerprint density at radius 3 is 2.95 bits per heavy atom. The second kappa shape index (κ2) is 5.97. The van der Waals surface area contributed by atoms with Crippen LogP contribution in [-0.2, 0) is 11.3 Å². The van der Waals surface area contributed by atoms with Gasteiger partial charge in [0.15, 0.2) is 0 Å². The summed E-state index contributed by atoms with van der Waals surface area (Å²) in [5, 5.41) is 0. The first-order valence-electron chi connectivity index (χ1n) is 6.50. The largest absolute Gasteiger partial charge is 0.334 e. The van der Waals surface area contributed by atoms with Gasteiger partial charge in [-0.1, -0.05) is 18.7 Å². The first-order chi connectivity index (χ1) is 9.10. The van der Waals surface area contributed by atoms with E-state index >= 15 is 0 Å². The maximum absolute atomic E-state index is 13.1. The zero-order valence-electron chi connectivity index (χ0n) is 11.2. The number of carbonyl (C=O) groups is 1. The molecule has 102 valence electrons. The van der Waals surface area contributed by atoms with Crippen molar-refractivity contribution in [3.05, 3.63) is 48.3 Å². The molecule has 1 heterocycles. The van der Waals surface area contributed by atoms with Gasteiger partial charge in [0.2, 0.25) is 5.91 Å². The second-order valence-corrected chi connectivity index (χ2v) is 4.95. The van der Waals surface area contributed by atoms with E-state index in [1.54, 1.807) is 12.1 Å². The molecule has 2 rings (SSSR count). The van der Waals surface area contributed by atoms with Crippen LogP contribution in [0.25, 0.3) is 0 Å². The number of carbonyl (C=O) groups excluding carboxylic acids is 1. The Morgan fingerprint density at radius 1 is 1.53 bits per heavy atom. The first kappa shape index (κ1) is 13.7. The Balaban J connectivity index is 1.95. The molecule has 1 aromatic rings. The van der Waals surface area contributed by atoms with Gasteiger partial charge in [0.05, 0.1) is 0 Å². The molecule has 1 aromatic carbocycles. The van der Waals surface area contributed by atoms with Crippen molar-refractivity contribution in [2.24, 2.45) is 0 Å². The van der Waals surface area contributed by atoms with Crippen LogP contribution in [-0.4, -0.2) is 41.4 Å². The molecule has 1 saturated heterocycles. The van der Waals surface area contributed by atoms with Crippen LogP contribution in [0.15, 0.2) is 36.9 Å². The van der Waals surface area contributed by atoms with Crippen LogP contribution in [0.1, 0.15) is 12.5 Å². The molecular formula is C15H19FN2O. The van der Waals surface area contributed by atoms with E-state index in [1.165, 1.54) is 12.1 Å². The minimum atomic E-state index is -0.203.